The van der Waals surface area contributed by atoms with Crippen molar-refractivity contribution in [1.29, 1.82) is 0 Å². The normalized spacial score (nSPS) is 15.8. The maximum Gasteiger partial charge on any atom is 0.490 e. The predicted molar refractivity (Wildman–Crippen MR) is 156 cm³/mol. The summed E-state index contributed by atoms with van der Waals surface area (Å²) in [6.45, 7) is 4.63. The highest BCUT2D eigenvalue weighted by atomic mass is 32.1. The van der Waals surface area contributed by atoms with Crippen LogP contribution in [0.3, 0.4) is 0 Å². The number of hydrogen-bond acceptors (Lipinski definition) is 10. The summed E-state index contributed by atoms with van der Waals surface area (Å²) in [4.78, 5) is 28.0. The third kappa shape index (κ3) is 9.13. The second-order valence-corrected chi connectivity index (χ2v) is 11.1. The summed E-state index contributed by atoms with van der Waals surface area (Å²) in [5.74, 6) is -1.95. The summed E-state index contributed by atoms with van der Waals surface area (Å²) in [7, 11) is 0. The van der Waals surface area contributed by atoms with Gasteiger partial charge in [0, 0.05) is 30.8 Å². The van der Waals surface area contributed by atoms with Gasteiger partial charge in [0.1, 0.15) is 23.4 Å². The number of carbonyl (C=O) groups is 1. The van der Waals surface area contributed by atoms with E-state index in [0.29, 0.717) is 40.2 Å². The standard InChI is InChI=1S/C26H28F3N7OS.C2HF3O2/c1-16-6-2-3-12-36(16)13-5-11-31-24-17(9-10-21(34-24)26(27,28)29)18-14-22(33-15-32-18)37-19-7-4-8-20-23(19)35-25(30)38-20;3-2(4,5)1(6)7/h4,7-10,14-16H,2-3,5-6,11-13H2,1H3,(H2,30,35)(H,31,34);(H,6,7). The van der Waals surface area contributed by atoms with Gasteiger partial charge in [-0.2, -0.15) is 26.3 Å². The molecule has 4 heterocycles. The number of likely N-dealkylation sites (tertiary alicyclic amines) is 1. The van der Waals surface area contributed by atoms with E-state index in [9.17, 15) is 26.3 Å². The molecule has 1 unspecified atom stereocenters. The molecular weight excluding hydrogens is 628 g/mol. The number of piperidine rings is 1. The Morgan fingerprint density at radius 2 is 1.89 bits per heavy atom. The second-order valence-electron chi connectivity index (χ2n) is 10.1. The lowest BCUT2D eigenvalue weighted by molar-refractivity contribution is -0.192. The van der Waals surface area contributed by atoms with E-state index in [1.54, 1.807) is 12.1 Å². The number of hydrogen-bond donors (Lipinski definition) is 3. The van der Waals surface area contributed by atoms with Crippen LogP contribution >= 0.6 is 11.3 Å². The fraction of sp³-hybridized carbons (Fsp3) is 0.393. The first-order valence-electron chi connectivity index (χ1n) is 13.7. The second kappa shape index (κ2) is 14.2. The number of carboxylic acid groups (broad SMARTS) is 1. The Labute approximate surface area is 257 Å². The van der Waals surface area contributed by atoms with Crippen molar-refractivity contribution in [3.63, 3.8) is 0 Å². The van der Waals surface area contributed by atoms with Crippen LogP contribution in [-0.4, -0.2) is 67.8 Å². The molecule has 0 amide bonds. The van der Waals surface area contributed by atoms with Crippen LogP contribution in [0.1, 0.15) is 38.3 Å². The van der Waals surface area contributed by atoms with Gasteiger partial charge in [0.2, 0.25) is 5.88 Å². The summed E-state index contributed by atoms with van der Waals surface area (Å²) in [6, 6.07) is 9.88. The van der Waals surface area contributed by atoms with E-state index in [2.05, 4.69) is 37.1 Å². The average molecular weight is 658 g/mol. The van der Waals surface area contributed by atoms with Crippen molar-refractivity contribution in [1.82, 2.24) is 24.8 Å². The largest absolute Gasteiger partial charge is 0.490 e. The van der Waals surface area contributed by atoms with Crippen molar-refractivity contribution in [3.05, 3.63) is 48.4 Å². The Bertz CT molecular complexity index is 1620. The van der Waals surface area contributed by atoms with Crippen LogP contribution in [-0.2, 0) is 11.0 Å². The number of rotatable bonds is 8. The molecule has 5 rings (SSSR count). The molecule has 0 saturated carbocycles. The monoisotopic (exact) mass is 657 g/mol. The number of alkyl halides is 6. The van der Waals surface area contributed by atoms with E-state index in [-0.39, 0.29) is 11.7 Å². The average Bonchev–Trinajstić information content (AvgIpc) is 3.37. The number of aromatic nitrogens is 4. The number of pyridine rings is 1. The molecule has 17 heteroatoms. The highest BCUT2D eigenvalue weighted by Gasteiger charge is 2.38. The number of aliphatic carboxylic acids is 1. The molecule has 1 fully saturated rings. The summed E-state index contributed by atoms with van der Waals surface area (Å²) in [5, 5.41) is 10.7. The van der Waals surface area contributed by atoms with Crippen molar-refractivity contribution in [2.24, 2.45) is 0 Å². The Kier molecular flexibility index (Phi) is 10.6. The van der Waals surface area contributed by atoms with Crippen molar-refractivity contribution in [3.8, 4) is 22.9 Å². The van der Waals surface area contributed by atoms with Crippen LogP contribution in [0, 0.1) is 0 Å². The van der Waals surface area contributed by atoms with Crippen molar-refractivity contribution >= 4 is 38.5 Å². The number of carboxylic acids is 1. The number of fused-ring (bicyclic) bond motifs is 1. The molecule has 0 aliphatic carbocycles. The van der Waals surface area contributed by atoms with Gasteiger partial charge >= 0.3 is 18.3 Å². The minimum Gasteiger partial charge on any atom is -0.475 e. The molecule has 0 bridgehead atoms. The topological polar surface area (TPSA) is 139 Å². The molecule has 242 valence electrons. The lowest BCUT2D eigenvalue weighted by atomic mass is 10.0. The lowest BCUT2D eigenvalue weighted by Crippen LogP contribution is -2.38. The third-order valence-corrected chi connectivity index (χ3v) is 7.66. The zero-order chi connectivity index (χ0) is 32.8. The fourth-order valence-corrected chi connectivity index (χ4v) is 5.37. The van der Waals surface area contributed by atoms with Gasteiger partial charge in [0.25, 0.3) is 0 Å². The summed E-state index contributed by atoms with van der Waals surface area (Å²) in [6.07, 6.45) is -3.97. The number of nitrogens with two attached hydrogens (primary N) is 1. The van der Waals surface area contributed by atoms with Crippen molar-refractivity contribution in [2.75, 3.05) is 30.7 Å². The SMILES string of the molecule is CC1CCCCN1CCCNc1nc(C(F)(F)F)ccc1-c1cc(Oc2cccc3sc(N)nc23)ncn1.O=C(O)C(F)(F)F. The number of anilines is 2. The van der Waals surface area contributed by atoms with Gasteiger partial charge in [-0.05, 0) is 57.0 Å². The van der Waals surface area contributed by atoms with Gasteiger partial charge in [-0.3, -0.25) is 0 Å². The molecule has 0 spiro atoms. The van der Waals surface area contributed by atoms with Gasteiger partial charge < -0.3 is 25.8 Å². The number of ether oxygens (including phenoxy) is 1. The minimum absolute atomic E-state index is 0.116. The highest BCUT2D eigenvalue weighted by molar-refractivity contribution is 7.22. The Morgan fingerprint density at radius 3 is 2.58 bits per heavy atom. The third-order valence-electron chi connectivity index (χ3n) is 6.81. The number of halogens is 6. The maximum absolute atomic E-state index is 13.5. The number of nitrogens with one attached hydrogen (secondary N) is 1. The molecular formula is C28H29F6N7O3S. The molecule has 0 radical (unpaired) electrons. The van der Waals surface area contributed by atoms with Crippen molar-refractivity contribution < 1.29 is 41.0 Å². The fourth-order valence-electron chi connectivity index (χ4n) is 4.62. The lowest BCUT2D eigenvalue weighted by Gasteiger charge is -2.33. The number of nitrogens with zero attached hydrogens (tertiary/aromatic N) is 5. The van der Waals surface area contributed by atoms with Gasteiger partial charge in [0.15, 0.2) is 10.9 Å². The van der Waals surface area contributed by atoms with Crippen LogP contribution in [0.15, 0.2) is 42.7 Å². The first kappa shape index (κ1) is 33.6. The number of thiazole rings is 1. The highest BCUT2D eigenvalue weighted by Crippen LogP contribution is 2.36. The molecule has 4 N–H and O–H groups in total. The molecule has 1 aromatic carbocycles. The van der Waals surface area contributed by atoms with Gasteiger partial charge in [0.05, 0.1) is 10.4 Å². The molecule has 1 saturated heterocycles. The van der Waals surface area contributed by atoms with E-state index in [1.165, 1.54) is 43.0 Å². The first-order chi connectivity index (χ1) is 21.2. The molecule has 1 aliphatic rings. The molecule has 45 heavy (non-hydrogen) atoms. The van der Waals surface area contributed by atoms with E-state index < -0.39 is 24.0 Å². The zero-order valence-electron chi connectivity index (χ0n) is 23.8. The van der Waals surface area contributed by atoms with Gasteiger partial charge in [-0.15, -0.1) is 0 Å². The van der Waals surface area contributed by atoms with Crippen LogP contribution in [0.25, 0.3) is 21.5 Å². The summed E-state index contributed by atoms with van der Waals surface area (Å²) in [5.41, 5.74) is 6.29. The van der Waals surface area contributed by atoms with E-state index in [0.717, 1.165) is 30.3 Å². The number of benzene rings is 1. The molecule has 3 aromatic heterocycles. The van der Waals surface area contributed by atoms with Gasteiger partial charge in [-0.25, -0.2) is 24.7 Å². The summed E-state index contributed by atoms with van der Waals surface area (Å²) >= 11 is 1.34. The molecule has 10 nitrogen and oxygen atoms in total. The summed E-state index contributed by atoms with van der Waals surface area (Å²) < 4.78 is 78.9. The maximum atomic E-state index is 13.5. The van der Waals surface area contributed by atoms with E-state index in [1.807, 2.05) is 12.1 Å². The van der Waals surface area contributed by atoms with Gasteiger partial charge in [-0.1, -0.05) is 23.8 Å². The smallest absolute Gasteiger partial charge is 0.475 e. The first-order valence-corrected chi connectivity index (χ1v) is 14.6. The van der Waals surface area contributed by atoms with E-state index in [4.69, 9.17) is 20.4 Å². The quantitative estimate of drug-likeness (QED) is 0.136. The van der Waals surface area contributed by atoms with Crippen LogP contribution in [0.5, 0.6) is 11.6 Å². The molecule has 4 aromatic rings. The van der Waals surface area contributed by atoms with Crippen LogP contribution in [0.2, 0.25) is 0 Å². The number of para-hydroxylation sites is 1. The predicted octanol–water partition coefficient (Wildman–Crippen LogP) is 6.85. The Balaban J connectivity index is 0.000000591. The van der Waals surface area contributed by atoms with E-state index >= 15 is 0 Å². The van der Waals surface area contributed by atoms with Crippen LogP contribution < -0.4 is 15.8 Å². The van der Waals surface area contributed by atoms with Crippen molar-refractivity contribution in [2.45, 2.75) is 51.0 Å². The molecule has 1 atom stereocenters. The zero-order valence-corrected chi connectivity index (χ0v) is 24.6. The minimum atomic E-state index is -5.08. The van der Waals surface area contributed by atoms with Crippen LogP contribution in [0.4, 0.5) is 37.3 Å². The Hall–Kier alpha value is -4.25. The molecule has 1 aliphatic heterocycles. The number of nitrogen functional groups attached to an aromatic ring is 1. The Morgan fingerprint density at radius 1 is 1.13 bits per heavy atom.